The quantitative estimate of drug-likeness (QED) is 0.844. The predicted octanol–water partition coefficient (Wildman–Crippen LogP) is 1.61. The third kappa shape index (κ3) is 4.12. The first-order chi connectivity index (χ1) is 11.6. The number of benzene rings is 1. The summed E-state index contributed by atoms with van der Waals surface area (Å²) in [5, 5.41) is 0. The van der Waals surface area contributed by atoms with Crippen LogP contribution in [0, 0.1) is 5.82 Å². The van der Waals surface area contributed by atoms with Crippen LogP contribution in [0.4, 0.5) is 4.39 Å². The molecule has 0 spiro atoms. The molecule has 2 amide bonds. The lowest BCUT2D eigenvalue weighted by Crippen LogP contribution is -2.42. The molecule has 3 rings (SSSR count). The third-order valence-electron chi connectivity index (χ3n) is 4.63. The van der Waals surface area contributed by atoms with E-state index >= 15 is 0 Å². The van der Waals surface area contributed by atoms with Crippen molar-refractivity contribution in [3.8, 4) is 0 Å². The van der Waals surface area contributed by atoms with Crippen molar-refractivity contribution < 1.29 is 18.7 Å². The van der Waals surface area contributed by atoms with E-state index in [0.717, 1.165) is 24.8 Å². The van der Waals surface area contributed by atoms with Crippen molar-refractivity contribution in [3.63, 3.8) is 0 Å². The first-order valence-electron chi connectivity index (χ1n) is 8.56. The van der Waals surface area contributed by atoms with E-state index in [1.807, 2.05) is 4.90 Å². The third-order valence-corrected chi connectivity index (χ3v) is 4.63. The van der Waals surface area contributed by atoms with Gasteiger partial charge in [-0.15, -0.1) is 0 Å². The van der Waals surface area contributed by atoms with Crippen molar-refractivity contribution in [1.82, 2.24) is 9.80 Å². The van der Waals surface area contributed by atoms with Gasteiger partial charge in [0.1, 0.15) is 11.9 Å². The highest BCUT2D eigenvalue weighted by Crippen LogP contribution is 2.16. The van der Waals surface area contributed by atoms with Gasteiger partial charge in [0.05, 0.1) is 6.42 Å². The summed E-state index contributed by atoms with van der Waals surface area (Å²) in [5.41, 5.74) is 0.804. The molecule has 0 radical (unpaired) electrons. The maximum atomic E-state index is 12.9. The van der Waals surface area contributed by atoms with E-state index in [9.17, 15) is 14.0 Å². The Labute approximate surface area is 141 Å². The molecular weight excluding hydrogens is 311 g/mol. The van der Waals surface area contributed by atoms with Crippen molar-refractivity contribution in [1.29, 1.82) is 0 Å². The van der Waals surface area contributed by atoms with Crippen LogP contribution in [0.2, 0.25) is 0 Å². The Morgan fingerprint density at radius 3 is 2.46 bits per heavy atom. The minimum atomic E-state index is -0.302. The van der Waals surface area contributed by atoms with E-state index in [4.69, 9.17) is 4.74 Å². The van der Waals surface area contributed by atoms with Crippen molar-refractivity contribution in [3.05, 3.63) is 35.6 Å². The number of rotatable bonds is 3. The molecule has 5 nitrogen and oxygen atoms in total. The van der Waals surface area contributed by atoms with Crippen LogP contribution in [0.3, 0.4) is 0 Å². The minimum Gasteiger partial charge on any atom is -0.368 e. The fourth-order valence-corrected chi connectivity index (χ4v) is 3.25. The van der Waals surface area contributed by atoms with Gasteiger partial charge in [0.25, 0.3) is 5.91 Å². The van der Waals surface area contributed by atoms with Crippen LogP contribution in [-0.2, 0) is 20.7 Å². The topological polar surface area (TPSA) is 49.9 Å². The number of ether oxygens (including phenoxy) is 1. The molecule has 0 N–H and O–H groups in total. The fourth-order valence-electron chi connectivity index (χ4n) is 3.25. The average molecular weight is 334 g/mol. The second-order valence-corrected chi connectivity index (χ2v) is 6.36. The zero-order valence-electron chi connectivity index (χ0n) is 13.7. The Hall–Kier alpha value is -1.95. The molecule has 0 aromatic heterocycles. The number of halogens is 1. The zero-order chi connectivity index (χ0) is 16.9. The molecule has 2 heterocycles. The van der Waals surface area contributed by atoms with Crippen LogP contribution < -0.4 is 0 Å². The van der Waals surface area contributed by atoms with Gasteiger partial charge in [-0.2, -0.15) is 0 Å². The lowest BCUT2D eigenvalue weighted by molar-refractivity contribution is -0.141. The number of amides is 2. The first kappa shape index (κ1) is 16.9. The number of carbonyl (C=O) groups excluding carboxylic acids is 2. The second-order valence-electron chi connectivity index (χ2n) is 6.36. The Bertz CT molecular complexity index is 584. The van der Waals surface area contributed by atoms with Gasteiger partial charge in [0, 0.05) is 32.8 Å². The number of carbonyl (C=O) groups is 2. The van der Waals surface area contributed by atoms with Crippen LogP contribution in [-0.4, -0.2) is 60.5 Å². The molecule has 24 heavy (non-hydrogen) atoms. The molecule has 130 valence electrons. The van der Waals surface area contributed by atoms with E-state index in [1.54, 1.807) is 17.0 Å². The summed E-state index contributed by atoms with van der Waals surface area (Å²) in [6, 6.07) is 6.01. The molecule has 1 unspecified atom stereocenters. The van der Waals surface area contributed by atoms with Crippen LogP contribution >= 0.6 is 0 Å². The van der Waals surface area contributed by atoms with Gasteiger partial charge < -0.3 is 14.5 Å². The summed E-state index contributed by atoms with van der Waals surface area (Å²) in [6.07, 6.45) is 2.47. The predicted molar refractivity (Wildman–Crippen MR) is 86.9 cm³/mol. The van der Waals surface area contributed by atoms with Gasteiger partial charge in [-0.25, -0.2) is 4.39 Å². The highest BCUT2D eigenvalue weighted by atomic mass is 19.1. The maximum Gasteiger partial charge on any atom is 0.251 e. The molecule has 1 aromatic carbocycles. The molecule has 2 aliphatic rings. The second kappa shape index (κ2) is 7.75. The minimum absolute atomic E-state index is 0.0213. The Balaban J connectivity index is 1.53. The molecule has 2 fully saturated rings. The van der Waals surface area contributed by atoms with E-state index in [0.29, 0.717) is 32.8 Å². The maximum absolute atomic E-state index is 12.9. The Morgan fingerprint density at radius 1 is 1.04 bits per heavy atom. The number of nitrogens with zero attached hydrogens (tertiary/aromatic N) is 2. The molecule has 1 atom stereocenters. The number of hydrogen-bond donors (Lipinski definition) is 0. The van der Waals surface area contributed by atoms with Crippen molar-refractivity contribution in [2.75, 3.05) is 32.8 Å². The van der Waals surface area contributed by atoms with Gasteiger partial charge in [0.2, 0.25) is 5.91 Å². The Morgan fingerprint density at radius 2 is 1.75 bits per heavy atom. The standard InChI is InChI=1S/C18H23FN2O3/c19-15-6-4-14(5-7-15)13-17(22)20-8-2-9-21(11-10-20)18(23)16-3-1-12-24-16/h4-7,16H,1-3,8-13H2. The normalized spacial score (nSPS) is 21.6. The molecule has 0 bridgehead atoms. The lowest BCUT2D eigenvalue weighted by atomic mass is 10.1. The van der Waals surface area contributed by atoms with Crippen LogP contribution in [0.15, 0.2) is 24.3 Å². The van der Waals surface area contributed by atoms with Gasteiger partial charge in [0.15, 0.2) is 0 Å². The first-order valence-corrected chi connectivity index (χ1v) is 8.56. The fraction of sp³-hybridized carbons (Fsp3) is 0.556. The highest BCUT2D eigenvalue weighted by molar-refractivity contribution is 5.82. The molecule has 0 aliphatic carbocycles. The number of hydrogen-bond acceptors (Lipinski definition) is 3. The molecule has 2 aliphatic heterocycles. The van der Waals surface area contributed by atoms with Crippen LogP contribution in [0.5, 0.6) is 0 Å². The lowest BCUT2D eigenvalue weighted by Gasteiger charge is -2.24. The van der Waals surface area contributed by atoms with Crippen LogP contribution in [0.25, 0.3) is 0 Å². The summed E-state index contributed by atoms with van der Waals surface area (Å²) in [6.45, 7) is 3.06. The highest BCUT2D eigenvalue weighted by Gasteiger charge is 2.30. The van der Waals surface area contributed by atoms with Gasteiger partial charge in [-0.1, -0.05) is 12.1 Å². The van der Waals surface area contributed by atoms with Crippen LogP contribution in [0.1, 0.15) is 24.8 Å². The van der Waals surface area contributed by atoms with E-state index in [1.165, 1.54) is 12.1 Å². The van der Waals surface area contributed by atoms with Gasteiger partial charge in [-0.3, -0.25) is 9.59 Å². The van der Waals surface area contributed by atoms with E-state index in [-0.39, 0.29) is 30.2 Å². The molecule has 2 saturated heterocycles. The smallest absolute Gasteiger partial charge is 0.251 e. The molecular formula is C18H23FN2O3. The van der Waals surface area contributed by atoms with Crippen molar-refractivity contribution >= 4 is 11.8 Å². The van der Waals surface area contributed by atoms with Gasteiger partial charge in [-0.05, 0) is 37.0 Å². The van der Waals surface area contributed by atoms with Crippen molar-refractivity contribution in [2.24, 2.45) is 0 Å². The summed E-state index contributed by atoms with van der Waals surface area (Å²) in [5.74, 6) is -0.224. The SMILES string of the molecule is O=C(Cc1ccc(F)cc1)N1CCCN(C(=O)C2CCCO2)CC1. The molecule has 1 aromatic rings. The van der Waals surface area contributed by atoms with E-state index < -0.39 is 0 Å². The largest absolute Gasteiger partial charge is 0.368 e. The van der Waals surface area contributed by atoms with Gasteiger partial charge >= 0.3 is 0 Å². The monoisotopic (exact) mass is 334 g/mol. The zero-order valence-corrected chi connectivity index (χ0v) is 13.7. The molecule has 6 heteroatoms. The Kier molecular flexibility index (Phi) is 5.45. The summed E-state index contributed by atoms with van der Waals surface area (Å²) < 4.78 is 18.4. The molecule has 0 saturated carbocycles. The summed E-state index contributed by atoms with van der Waals surface area (Å²) in [7, 11) is 0. The van der Waals surface area contributed by atoms with Crippen molar-refractivity contribution in [2.45, 2.75) is 31.8 Å². The summed E-state index contributed by atoms with van der Waals surface area (Å²) in [4.78, 5) is 28.5. The van der Waals surface area contributed by atoms with E-state index in [2.05, 4.69) is 0 Å². The average Bonchev–Trinajstić information content (AvgIpc) is 3.00. The summed E-state index contributed by atoms with van der Waals surface area (Å²) >= 11 is 0.